The standard InChI is InChI=1S/C9H14NO3S/c1-2-13-9(12)6-10-5-8(3-4-11)14-7-10/h5,7,11H,2-4,6H2,1H3/q+1. The Kier molecular flexibility index (Phi) is 4.55. The SMILES string of the molecule is CCOC(=O)C[n+]1csc(CCO)c1. The van der Waals surface area contributed by atoms with Crippen molar-refractivity contribution in [2.24, 2.45) is 0 Å². The Hall–Kier alpha value is -0.940. The molecule has 1 aromatic heterocycles. The van der Waals surface area contributed by atoms with Crippen LogP contribution in [-0.2, 0) is 22.5 Å². The predicted molar refractivity (Wildman–Crippen MR) is 51.9 cm³/mol. The minimum absolute atomic E-state index is 0.139. The summed E-state index contributed by atoms with van der Waals surface area (Å²) in [6, 6.07) is 0. The number of aromatic nitrogens is 1. The van der Waals surface area contributed by atoms with Gasteiger partial charge < -0.3 is 9.84 Å². The predicted octanol–water partition coefficient (Wildman–Crippen LogP) is 0.134. The van der Waals surface area contributed by atoms with Crippen LogP contribution in [0.15, 0.2) is 11.7 Å². The molecule has 78 valence electrons. The first kappa shape index (κ1) is 11.1. The molecular weight excluding hydrogens is 202 g/mol. The van der Waals surface area contributed by atoms with Crippen LogP contribution in [0.1, 0.15) is 11.8 Å². The van der Waals surface area contributed by atoms with E-state index in [1.165, 1.54) is 11.3 Å². The molecule has 1 aromatic rings. The molecule has 0 saturated heterocycles. The summed E-state index contributed by atoms with van der Waals surface area (Å²) in [5, 5.41) is 8.70. The third-order valence-electron chi connectivity index (χ3n) is 1.62. The number of aliphatic hydroxyl groups is 1. The molecule has 0 unspecified atom stereocenters. The van der Waals surface area contributed by atoms with E-state index < -0.39 is 0 Å². The normalized spacial score (nSPS) is 10.1. The third-order valence-corrected chi connectivity index (χ3v) is 2.61. The number of hydrogen-bond donors (Lipinski definition) is 1. The third kappa shape index (κ3) is 3.43. The number of carbonyl (C=O) groups is 1. The maximum absolute atomic E-state index is 11.1. The Morgan fingerprint density at radius 1 is 1.71 bits per heavy atom. The number of thiazole rings is 1. The van der Waals surface area contributed by atoms with E-state index in [0.717, 1.165) is 4.88 Å². The topological polar surface area (TPSA) is 50.4 Å². The number of aliphatic hydroxyl groups excluding tert-OH is 1. The smallest absolute Gasteiger partial charge is 0.372 e. The monoisotopic (exact) mass is 216 g/mol. The van der Waals surface area contributed by atoms with E-state index in [1.807, 2.05) is 11.7 Å². The molecule has 0 bridgehead atoms. The second-order valence-electron chi connectivity index (χ2n) is 2.77. The zero-order valence-corrected chi connectivity index (χ0v) is 8.92. The summed E-state index contributed by atoms with van der Waals surface area (Å²) >= 11 is 1.53. The molecule has 14 heavy (non-hydrogen) atoms. The molecule has 1 heterocycles. The van der Waals surface area contributed by atoms with Gasteiger partial charge in [-0.1, -0.05) is 11.3 Å². The van der Waals surface area contributed by atoms with E-state index in [0.29, 0.717) is 13.0 Å². The van der Waals surface area contributed by atoms with E-state index in [9.17, 15) is 4.79 Å². The quantitative estimate of drug-likeness (QED) is 0.562. The van der Waals surface area contributed by atoms with Gasteiger partial charge in [0, 0.05) is 13.0 Å². The molecule has 0 radical (unpaired) electrons. The Labute approximate surface area is 86.8 Å². The fourth-order valence-corrected chi connectivity index (χ4v) is 1.87. The van der Waals surface area contributed by atoms with Gasteiger partial charge in [-0.15, -0.1) is 0 Å². The van der Waals surface area contributed by atoms with Gasteiger partial charge in [-0.3, -0.25) is 0 Å². The van der Waals surface area contributed by atoms with E-state index in [2.05, 4.69) is 0 Å². The maximum atomic E-state index is 11.1. The molecule has 0 atom stereocenters. The van der Waals surface area contributed by atoms with Crippen molar-refractivity contribution in [3.8, 4) is 0 Å². The Bertz CT molecular complexity index is 298. The van der Waals surface area contributed by atoms with Crippen LogP contribution in [0.5, 0.6) is 0 Å². The minimum atomic E-state index is -0.231. The molecule has 0 saturated carbocycles. The van der Waals surface area contributed by atoms with Crippen molar-refractivity contribution in [2.75, 3.05) is 13.2 Å². The first-order chi connectivity index (χ1) is 6.76. The molecule has 0 spiro atoms. The van der Waals surface area contributed by atoms with E-state index in [-0.39, 0.29) is 19.1 Å². The minimum Gasteiger partial charge on any atom is -0.461 e. The van der Waals surface area contributed by atoms with Crippen LogP contribution in [0.25, 0.3) is 0 Å². The van der Waals surface area contributed by atoms with Crippen molar-refractivity contribution >= 4 is 17.3 Å². The van der Waals surface area contributed by atoms with Crippen LogP contribution in [0, 0.1) is 0 Å². The van der Waals surface area contributed by atoms with Crippen LogP contribution in [0.4, 0.5) is 0 Å². The highest BCUT2D eigenvalue weighted by molar-refractivity contribution is 7.09. The Balaban J connectivity index is 2.46. The fourth-order valence-electron chi connectivity index (χ4n) is 1.05. The van der Waals surface area contributed by atoms with Gasteiger partial charge in [-0.2, -0.15) is 4.57 Å². The first-order valence-corrected chi connectivity index (χ1v) is 5.37. The van der Waals surface area contributed by atoms with Gasteiger partial charge in [-0.05, 0) is 6.92 Å². The van der Waals surface area contributed by atoms with Gasteiger partial charge in [0.25, 0.3) is 0 Å². The average molecular weight is 216 g/mol. The second kappa shape index (κ2) is 5.72. The van der Waals surface area contributed by atoms with E-state index in [1.54, 1.807) is 11.5 Å². The van der Waals surface area contributed by atoms with Crippen LogP contribution >= 0.6 is 11.3 Å². The lowest BCUT2D eigenvalue weighted by Gasteiger charge is -1.95. The van der Waals surface area contributed by atoms with Gasteiger partial charge >= 0.3 is 5.97 Å². The van der Waals surface area contributed by atoms with Crippen LogP contribution in [0.2, 0.25) is 0 Å². The van der Waals surface area contributed by atoms with Gasteiger partial charge in [-0.25, -0.2) is 4.79 Å². The molecule has 1 rings (SSSR count). The number of esters is 1. The highest BCUT2D eigenvalue weighted by Gasteiger charge is 2.12. The molecule has 5 heteroatoms. The Morgan fingerprint density at radius 2 is 2.50 bits per heavy atom. The highest BCUT2D eigenvalue weighted by atomic mass is 32.1. The lowest BCUT2D eigenvalue weighted by molar-refractivity contribution is -0.681. The number of nitrogens with zero attached hydrogens (tertiary/aromatic N) is 1. The van der Waals surface area contributed by atoms with E-state index >= 15 is 0 Å². The van der Waals surface area contributed by atoms with Crippen LogP contribution in [-0.4, -0.2) is 24.3 Å². The van der Waals surface area contributed by atoms with Crippen molar-refractivity contribution in [1.82, 2.24) is 0 Å². The van der Waals surface area contributed by atoms with Crippen molar-refractivity contribution in [3.63, 3.8) is 0 Å². The lowest BCUT2D eigenvalue weighted by atomic mass is 10.4. The molecule has 0 amide bonds. The summed E-state index contributed by atoms with van der Waals surface area (Å²) in [7, 11) is 0. The summed E-state index contributed by atoms with van der Waals surface area (Å²) in [6.07, 6.45) is 2.50. The second-order valence-corrected chi connectivity index (χ2v) is 3.74. The van der Waals surface area contributed by atoms with Gasteiger partial charge in [0.05, 0.1) is 11.5 Å². The van der Waals surface area contributed by atoms with Crippen molar-refractivity contribution in [3.05, 3.63) is 16.6 Å². The summed E-state index contributed by atoms with van der Waals surface area (Å²) in [5.41, 5.74) is 1.85. The molecule has 0 aliphatic rings. The molecule has 0 aromatic carbocycles. The van der Waals surface area contributed by atoms with Crippen LogP contribution < -0.4 is 4.57 Å². The molecule has 1 N–H and O–H groups in total. The first-order valence-electron chi connectivity index (χ1n) is 4.49. The molecule has 0 fully saturated rings. The highest BCUT2D eigenvalue weighted by Crippen LogP contribution is 2.04. The zero-order valence-electron chi connectivity index (χ0n) is 8.10. The lowest BCUT2D eigenvalue weighted by Crippen LogP contribution is -2.36. The maximum Gasteiger partial charge on any atom is 0.372 e. The van der Waals surface area contributed by atoms with Crippen molar-refractivity contribution < 1.29 is 19.2 Å². The van der Waals surface area contributed by atoms with Gasteiger partial charge in [0.1, 0.15) is 0 Å². The summed E-state index contributed by atoms with van der Waals surface area (Å²) in [6.45, 7) is 2.58. The molecule has 4 nitrogen and oxygen atoms in total. The fraction of sp³-hybridized carbons (Fsp3) is 0.556. The van der Waals surface area contributed by atoms with E-state index in [4.69, 9.17) is 9.84 Å². The average Bonchev–Trinajstić information content (AvgIpc) is 2.53. The summed E-state index contributed by atoms with van der Waals surface area (Å²) in [4.78, 5) is 12.2. The molecule has 0 aliphatic heterocycles. The molecule has 0 aliphatic carbocycles. The van der Waals surface area contributed by atoms with Crippen LogP contribution in [0.3, 0.4) is 0 Å². The molecular formula is C9H14NO3S+. The van der Waals surface area contributed by atoms with Gasteiger partial charge in [0.15, 0.2) is 6.20 Å². The summed E-state index contributed by atoms with van der Waals surface area (Å²) < 4.78 is 6.58. The van der Waals surface area contributed by atoms with Crippen molar-refractivity contribution in [2.45, 2.75) is 19.9 Å². The van der Waals surface area contributed by atoms with Gasteiger partial charge in [0.2, 0.25) is 12.1 Å². The number of ether oxygens (including phenoxy) is 1. The largest absolute Gasteiger partial charge is 0.461 e. The Morgan fingerprint density at radius 3 is 3.14 bits per heavy atom. The number of rotatable bonds is 5. The summed E-state index contributed by atoms with van der Waals surface area (Å²) in [5.74, 6) is -0.231. The zero-order chi connectivity index (χ0) is 10.4. The van der Waals surface area contributed by atoms with Crippen molar-refractivity contribution in [1.29, 1.82) is 0 Å². The number of hydrogen-bond acceptors (Lipinski definition) is 4. The number of carbonyl (C=O) groups excluding carboxylic acids is 1.